The third-order valence-electron chi connectivity index (χ3n) is 2.01. The molecule has 1 aromatic rings. The molecule has 0 aliphatic heterocycles. The molecule has 0 heterocycles. The van der Waals surface area contributed by atoms with E-state index in [1.54, 1.807) is 0 Å². The molecular formula is C11H9F5INO2. The van der Waals surface area contributed by atoms with Gasteiger partial charge in [0.15, 0.2) is 0 Å². The van der Waals surface area contributed by atoms with Crippen LogP contribution in [0.3, 0.4) is 0 Å². The summed E-state index contributed by atoms with van der Waals surface area (Å²) in [5.74, 6) is -2.38. The number of carbonyl (C=O) groups excluding carboxylic acids is 1. The lowest BCUT2D eigenvalue weighted by Crippen LogP contribution is -2.20. The Bertz CT molecular complexity index is 469. The zero-order valence-corrected chi connectivity index (χ0v) is 12.0. The van der Waals surface area contributed by atoms with Crippen LogP contribution in [-0.2, 0) is 9.53 Å². The topological polar surface area (TPSA) is 38.3 Å². The summed E-state index contributed by atoms with van der Waals surface area (Å²) in [7, 11) is 0. The predicted octanol–water partition coefficient (Wildman–Crippen LogP) is 3.48. The van der Waals surface area contributed by atoms with Crippen molar-refractivity contribution in [2.24, 2.45) is 0 Å². The fourth-order valence-electron chi connectivity index (χ4n) is 1.20. The van der Waals surface area contributed by atoms with Crippen molar-refractivity contribution in [3.8, 4) is 0 Å². The third-order valence-corrected chi connectivity index (χ3v) is 3.04. The van der Waals surface area contributed by atoms with Gasteiger partial charge in [0, 0.05) is 5.69 Å². The smallest absolute Gasteiger partial charge is 0.372 e. The maximum Gasteiger partial charge on any atom is 0.411 e. The number of anilines is 1. The highest BCUT2D eigenvalue weighted by Crippen LogP contribution is 2.20. The third kappa shape index (κ3) is 5.99. The number of hydrogen-bond acceptors (Lipinski definition) is 2. The van der Waals surface area contributed by atoms with Crippen molar-refractivity contribution in [3.05, 3.63) is 27.3 Å². The fraction of sp³-hybridized carbons (Fsp3) is 0.364. The molecule has 1 N–H and O–H groups in total. The second-order valence-electron chi connectivity index (χ2n) is 3.72. The molecule has 3 nitrogen and oxygen atoms in total. The monoisotopic (exact) mass is 409 g/mol. The highest BCUT2D eigenvalue weighted by molar-refractivity contribution is 14.1. The molecule has 0 spiro atoms. The molecule has 0 aliphatic carbocycles. The predicted molar refractivity (Wildman–Crippen MR) is 69.2 cm³/mol. The quantitative estimate of drug-likeness (QED) is 0.350. The molecule has 0 aromatic heterocycles. The molecule has 0 atom stereocenters. The molecule has 1 rings (SSSR count). The molecule has 0 unspecified atom stereocenters. The molecule has 0 radical (unpaired) electrons. The zero-order chi connectivity index (χ0) is 15.3. The van der Waals surface area contributed by atoms with E-state index in [2.05, 4.69) is 10.1 Å². The number of halogens is 6. The van der Waals surface area contributed by atoms with Gasteiger partial charge in [-0.1, -0.05) is 0 Å². The van der Waals surface area contributed by atoms with Crippen LogP contribution in [0.15, 0.2) is 12.1 Å². The van der Waals surface area contributed by atoms with Gasteiger partial charge in [-0.2, -0.15) is 13.2 Å². The van der Waals surface area contributed by atoms with Crippen molar-refractivity contribution in [1.82, 2.24) is 0 Å². The van der Waals surface area contributed by atoms with Gasteiger partial charge in [-0.3, -0.25) is 4.79 Å². The Kier molecular flexibility index (Phi) is 6.11. The molecule has 0 fully saturated rings. The highest BCUT2D eigenvalue weighted by atomic mass is 127. The van der Waals surface area contributed by atoms with Crippen molar-refractivity contribution >= 4 is 34.2 Å². The lowest BCUT2D eigenvalue weighted by molar-refractivity contribution is -0.174. The molecule has 0 saturated carbocycles. The molecule has 112 valence electrons. The van der Waals surface area contributed by atoms with Crippen LogP contribution in [0.25, 0.3) is 0 Å². The van der Waals surface area contributed by atoms with Crippen LogP contribution >= 0.6 is 22.6 Å². The van der Waals surface area contributed by atoms with Gasteiger partial charge in [-0.05, 0) is 34.7 Å². The number of amides is 1. The first-order valence-corrected chi connectivity index (χ1v) is 6.36. The summed E-state index contributed by atoms with van der Waals surface area (Å²) in [6.07, 6.45) is -4.82. The summed E-state index contributed by atoms with van der Waals surface area (Å²) in [5.41, 5.74) is -0.110. The van der Waals surface area contributed by atoms with Gasteiger partial charge in [0.1, 0.15) is 18.2 Å². The van der Waals surface area contributed by atoms with Crippen LogP contribution in [0.5, 0.6) is 0 Å². The minimum Gasteiger partial charge on any atom is -0.372 e. The SMILES string of the molecule is O=C(CCOCC(F)(F)F)Nc1cc(F)c(I)c(F)c1. The van der Waals surface area contributed by atoms with E-state index < -0.39 is 36.9 Å². The maximum absolute atomic E-state index is 13.2. The Hall–Kier alpha value is -0.970. The first kappa shape index (κ1) is 17.1. The lowest BCUT2D eigenvalue weighted by Gasteiger charge is -2.09. The number of carbonyl (C=O) groups is 1. The minimum atomic E-state index is -4.46. The molecule has 0 aliphatic rings. The van der Waals surface area contributed by atoms with Gasteiger partial charge in [0.2, 0.25) is 5.91 Å². The van der Waals surface area contributed by atoms with Crippen LogP contribution in [0, 0.1) is 15.2 Å². The standard InChI is InChI=1S/C11H9F5INO2/c12-7-3-6(4-8(13)10(7)17)18-9(19)1-2-20-5-11(14,15)16/h3-4H,1-2,5H2,(H,18,19). The number of alkyl halides is 3. The van der Waals surface area contributed by atoms with Crippen molar-refractivity contribution in [2.75, 3.05) is 18.5 Å². The van der Waals surface area contributed by atoms with Crippen LogP contribution in [0.1, 0.15) is 6.42 Å². The number of benzene rings is 1. The van der Waals surface area contributed by atoms with Gasteiger partial charge in [0.05, 0.1) is 16.6 Å². The average Bonchev–Trinajstić information content (AvgIpc) is 2.30. The Labute approximate surface area is 124 Å². The Morgan fingerprint density at radius 1 is 1.25 bits per heavy atom. The molecule has 0 saturated heterocycles. The van der Waals surface area contributed by atoms with Crippen molar-refractivity contribution in [1.29, 1.82) is 0 Å². The highest BCUT2D eigenvalue weighted by Gasteiger charge is 2.27. The van der Waals surface area contributed by atoms with Gasteiger partial charge < -0.3 is 10.1 Å². The molecular weight excluding hydrogens is 400 g/mol. The maximum atomic E-state index is 13.2. The summed E-state index contributed by atoms with van der Waals surface area (Å²) in [6, 6.07) is 1.83. The number of nitrogens with one attached hydrogen (secondary N) is 1. The fourth-order valence-corrected chi connectivity index (χ4v) is 1.52. The van der Waals surface area contributed by atoms with Crippen LogP contribution < -0.4 is 5.32 Å². The van der Waals surface area contributed by atoms with E-state index in [9.17, 15) is 26.7 Å². The van der Waals surface area contributed by atoms with Gasteiger partial charge in [0.25, 0.3) is 0 Å². The van der Waals surface area contributed by atoms with Crippen molar-refractivity contribution in [2.45, 2.75) is 12.6 Å². The van der Waals surface area contributed by atoms with E-state index in [1.165, 1.54) is 22.6 Å². The Morgan fingerprint density at radius 3 is 2.30 bits per heavy atom. The van der Waals surface area contributed by atoms with Crippen molar-refractivity contribution < 1.29 is 31.5 Å². The van der Waals surface area contributed by atoms with E-state index in [4.69, 9.17) is 0 Å². The number of ether oxygens (including phenoxy) is 1. The first-order valence-electron chi connectivity index (χ1n) is 5.28. The van der Waals surface area contributed by atoms with E-state index in [0.29, 0.717) is 0 Å². The second-order valence-corrected chi connectivity index (χ2v) is 4.80. The second kappa shape index (κ2) is 7.16. The van der Waals surface area contributed by atoms with E-state index in [0.717, 1.165) is 12.1 Å². The number of rotatable bonds is 5. The summed E-state index contributed by atoms with van der Waals surface area (Å²) >= 11 is 1.46. The number of hydrogen-bond donors (Lipinski definition) is 1. The minimum absolute atomic E-state index is 0.110. The summed E-state index contributed by atoms with van der Waals surface area (Å²) in [4.78, 5) is 11.3. The zero-order valence-electron chi connectivity index (χ0n) is 9.86. The summed E-state index contributed by atoms with van der Waals surface area (Å²) in [5, 5.41) is 2.16. The van der Waals surface area contributed by atoms with E-state index >= 15 is 0 Å². The van der Waals surface area contributed by atoms with Crippen molar-refractivity contribution in [3.63, 3.8) is 0 Å². The van der Waals surface area contributed by atoms with Crippen LogP contribution in [0.2, 0.25) is 0 Å². The normalized spacial score (nSPS) is 11.5. The Balaban J connectivity index is 2.43. The summed E-state index contributed by atoms with van der Waals surface area (Å²) in [6.45, 7) is -1.90. The molecule has 1 aromatic carbocycles. The van der Waals surface area contributed by atoms with E-state index in [-0.39, 0.29) is 15.7 Å². The van der Waals surface area contributed by atoms with Gasteiger partial charge in [-0.25, -0.2) is 8.78 Å². The largest absolute Gasteiger partial charge is 0.411 e. The average molecular weight is 409 g/mol. The first-order chi connectivity index (χ1) is 9.19. The lowest BCUT2D eigenvalue weighted by atomic mass is 10.3. The van der Waals surface area contributed by atoms with Crippen LogP contribution in [-0.4, -0.2) is 25.3 Å². The molecule has 1 amide bonds. The molecule has 20 heavy (non-hydrogen) atoms. The van der Waals surface area contributed by atoms with Crippen LogP contribution in [0.4, 0.5) is 27.6 Å². The Morgan fingerprint density at radius 2 is 1.80 bits per heavy atom. The van der Waals surface area contributed by atoms with Gasteiger partial charge >= 0.3 is 6.18 Å². The molecule has 9 heteroatoms. The van der Waals surface area contributed by atoms with Gasteiger partial charge in [-0.15, -0.1) is 0 Å². The van der Waals surface area contributed by atoms with E-state index in [1.807, 2.05) is 0 Å². The molecule has 0 bridgehead atoms. The summed E-state index contributed by atoms with van der Waals surface area (Å²) < 4.78 is 65.6.